The number of hydrogen-bond donors (Lipinski definition) is 4. The Kier molecular flexibility index (Phi) is 8.46. The standard InChI is InChI=1S/C19H27F3N6O2/c1-2-24-18(27-15-7-8-28(11-15)12-19(20,21)22)26-9-13-3-5-14(6-4-13)17(30)25-10-16(23)29/h3-6,15H,2,7-12H2,1H3,(H2,23,29)(H,25,30)(H2,24,26,27). The summed E-state index contributed by atoms with van der Waals surface area (Å²) in [4.78, 5) is 28.5. The highest BCUT2D eigenvalue weighted by atomic mass is 19.4. The lowest BCUT2D eigenvalue weighted by molar-refractivity contribution is -0.143. The predicted molar refractivity (Wildman–Crippen MR) is 107 cm³/mol. The van der Waals surface area contributed by atoms with Gasteiger partial charge in [-0.25, -0.2) is 4.99 Å². The Balaban J connectivity index is 1.90. The van der Waals surface area contributed by atoms with Crippen LogP contribution < -0.4 is 21.7 Å². The fraction of sp³-hybridized carbons (Fsp3) is 0.526. The van der Waals surface area contributed by atoms with Gasteiger partial charge in [0, 0.05) is 31.2 Å². The maximum Gasteiger partial charge on any atom is 0.401 e. The van der Waals surface area contributed by atoms with Crippen molar-refractivity contribution in [3.8, 4) is 0 Å². The van der Waals surface area contributed by atoms with Crippen molar-refractivity contribution < 1.29 is 22.8 Å². The summed E-state index contributed by atoms with van der Waals surface area (Å²) in [5.74, 6) is -0.496. The summed E-state index contributed by atoms with van der Waals surface area (Å²) in [5, 5.41) is 8.68. The number of amides is 2. The van der Waals surface area contributed by atoms with E-state index in [4.69, 9.17) is 5.73 Å². The van der Waals surface area contributed by atoms with Crippen molar-refractivity contribution in [3.05, 3.63) is 35.4 Å². The van der Waals surface area contributed by atoms with Gasteiger partial charge in [0.1, 0.15) is 0 Å². The van der Waals surface area contributed by atoms with Crippen LogP contribution in [0.1, 0.15) is 29.3 Å². The van der Waals surface area contributed by atoms with E-state index in [2.05, 4.69) is 20.9 Å². The summed E-state index contributed by atoms with van der Waals surface area (Å²) in [7, 11) is 0. The number of benzene rings is 1. The predicted octanol–water partition coefficient (Wildman–Crippen LogP) is 0.593. The van der Waals surface area contributed by atoms with Crippen LogP contribution in [0.3, 0.4) is 0 Å². The van der Waals surface area contributed by atoms with Gasteiger partial charge in [-0.05, 0) is 31.0 Å². The molecule has 0 aromatic heterocycles. The number of aliphatic imine (C=N–C) groups is 1. The van der Waals surface area contributed by atoms with Gasteiger partial charge in [0.15, 0.2) is 5.96 Å². The fourth-order valence-electron chi connectivity index (χ4n) is 3.06. The number of nitrogens with two attached hydrogens (primary N) is 1. The maximum absolute atomic E-state index is 12.5. The van der Waals surface area contributed by atoms with Crippen molar-refractivity contribution in [2.45, 2.75) is 32.1 Å². The molecule has 166 valence electrons. The van der Waals surface area contributed by atoms with E-state index >= 15 is 0 Å². The number of alkyl halides is 3. The molecule has 1 aliphatic heterocycles. The number of guanidine groups is 1. The van der Waals surface area contributed by atoms with Crippen LogP contribution in [0.25, 0.3) is 0 Å². The van der Waals surface area contributed by atoms with Crippen LogP contribution >= 0.6 is 0 Å². The lowest BCUT2D eigenvalue weighted by atomic mass is 10.1. The molecule has 30 heavy (non-hydrogen) atoms. The van der Waals surface area contributed by atoms with Crippen LogP contribution in [0.15, 0.2) is 29.3 Å². The highest BCUT2D eigenvalue weighted by Crippen LogP contribution is 2.19. The number of rotatable bonds is 8. The minimum Gasteiger partial charge on any atom is -0.368 e. The number of halogens is 3. The van der Waals surface area contributed by atoms with E-state index in [0.717, 1.165) is 5.56 Å². The van der Waals surface area contributed by atoms with Crippen molar-refractivity contribution in [1.82, 2.24) is 20.9 Å². The molecule has 1 unspecified atom stereocenters. The van der Waals surface area contributed by atoms with Gasteiger partial charge in [-0.15, -0.1) is 0 Å². The molecule has 11 heteroatoms. The molecular formula is C19H27F3N6O2. The molecule has 8 nitrogen and oxygen atoms in total. The van der Waals surface area contributed by atoms with Crippen LogP contribution in [-0.4, -0.2) is 67.6 Å². The van der Waals surface area contributed by atoms with E-state index < -0.39 is 24.5 Å². The zero-order chi connectivity index (χ0) is 22.1. The third kappa shape index (κ3) is 8.27. The quantitative estimate of drug-likeness (QED) is 0.358. The van der Waals surface area contributed by atoms with Crippen LogP contribution in [0, 0.1) is 0 Å². The molecule has 2 amide bonds. The van der Waals surface area contributed by atoms with Gasteiger partial charge < -0.3 is 21.7 Å². The van der Waals surface area contributed by atoms with E-state index in [1.165, 1.54) is 4.90 Å². The van der Waals surface area contributed by atoms with Crippen molar-refractivity contribution >= 4 is 17.8 Å². The second kappa shape index (κ2) is 10.8. The monoisotopic (exact) mass is 428 g/mol. The molecule has 1 aliphatic rings. The van der Waals surface area contributed by atoms with Gasteiger partial charge in [0.2, 0.25) is 5.91 Å². The minimum atomic E-state index is -4.20. The molecule has 0 spiro atoms. The second-order valence-corrected chi connectivity index (χ2v) is 7.02. The molecule has 1 fully saturated rings. The summed E-state index contributed by atoms with van der Waals surface area (Å²) in [6.07, 6.45) is -3.59. The minimum absolute atomic E-state index is 0.110. The summed E-state index contributed by atoms with van der Waals surface area (Å²) >= 11 is 0. The number of hydrogen-bond acceptors (Lipinski definition) is 4. The molecule has 0 aliphatic carbocycles. The van der Waals surface area contributed by atoms with Gasteiger partial charge in [-0.3, -0.25) is 14.5 Å². The van der Waals surface area contributed by atoms with Crippen LogP contribution in [-0.2, 0) is 11.3 Å². The molecule has 1 atom stereocenters. The normalized spacial score (nSPS) is 17.6. The number of primary amides is 1. The van der Waals surface area contributed by atoms with Crippen molar-refractivity contribution in [2.75, 3.05) is 32.7 Å². The summed E-state index contributed by atoms with van der Waals surface area (Å²) in [6, 6.07) is 6.61. The van der Waals surface area contributed by atoms with Gasteiger partial charge in [-0.1, -0.05) is 12.1 Å². The average molecular weight is 428 g/mol. The lowest BCUT2D eigenvalue weighted by Crippen LogP contribution is -2.45. The molecule has 0 bridgehead atoms. The van der Waals surface area contributed by atoms with E-state index in [9.17, 15) is 22.8 Å². The molecule has 1 aromatic rings. The molecule has 1 heterocycles. The van der Waals surface area contributed by atoms with E-state index in [-0.39, 0.29) is 12.6 Å². The molecule has 1 aromatic carbocycles. The second-order valence-electron chi connectivity index (χ2n) is 7.02. The zero-order valence-corrected chi connectivity index (χ0v) is 16.8. The molecule has 0 radical (unpaired) electrons. The summed E-state index contributed by atoms with van der Waals surface area (Å²) in [6.45, 7) is 2.40. The molecule has 1 saturated heterocycles. The number of likely N-dealkylation sites (tertiary alicyclic amines) is 1. The SMILES string of the molecule is CCNC(=NCc1ccc(C(=O)NCC(N)=O)cc1)NC1CCN(CC(F)(F)F)C1. The number of nitrogens with one attached hydrogen (secondary N) is 3. The van der Waals surface area contributed by atoms with E-state index in [0.29, 0.717) is 44.1 Å². The highest BCUT2D eigenvalue weighted by Gasteiger charge is 2.34. The van der Waals surface area contributed by atoms with Crippen LogP contribution in [0.5, 0.6) is 0 Å². The van der Waals surface area contributed by atoms with Crippen molar-refractivity contribution in [1.29, 1.82) is 0 Å². The van der Waals surface area contributed by atoms with Gasteiger partial charge >= 0.3 is 6.18 Å². The maximum atomic E-state index is 12.5. The van der Waals surface area contributed by atoms with Gasteiger partial charge in [0.05, 0.1) is 19.6 Å². The van der Waals surface area contributed by atoms with Crippen molar-refractivity contribution in [2.24, 2.45) is 10.7 Å². The first kappa shape index (κ1) is 23.5. The first-order valence-electron chi connectivity index (χ1n) is 9.65. The van der Waals surface area contributed by atoms with E-state index in [1.807, 2.05) is 6.92 Å². The Morgan fingerprint density at radius 1 is 1.23 bits per heavy atom. The Labute approximate surface area is 173 Å². The summed E-state index contributed by atoms with van der Waals surface area (Å²) < 4.78 is 37.6. The largest absolute Gasteiger partial charge is 0.401 e. The van der Waals surface area contributed by atoms with E-state index in [1.54, 1.807) is 24.3 Å². The lowest BCUT2D eigenvalue weighted by Gasteiger charge is -2.19. The molecule has 0 saturated carbocycles. The van der Waals surface area contributed by atoms with Crippen LogP contribution in [0.2, 0.25) is 0 Å². The zero-order valence-electron chi connectivity index (χ0n) is 16.8. The third-order valence-electron chi connectivity index (χ3n) is 4.42. The topological polar surface area (TPSA) is 112 Å². The smallest absolute Gasteiger partial charge is 0.368 e. The average Bonchev–Trinajstić information content (AvgIpc) is 3.09. The Morgan fingerprint density at radius 3 is 2.53 bits per heavy atom. The third-order valence-corrected chi connectivity index (χ3v) is 4.42. The number of nitrogens with zero attached hydrogens (tertiary/aromatic N) is 2. The van der Waals surface area contributed by atoms with Crippen LogP contribution in [0.4, 0.5) is 13.2 Å². The first-order chi connectivity index (χ1) is 14.2. The van der Waals surface area contributed by atoms with Gasteiger partial charge in [0.25, 0.3) is 5.91 Å². The fourth-order valence-corrected chi connectivity index (χ4v) is 3.06. The molecular weight excluding hydrogens is 401 g/mol. The first-order valence-corrected chi connectivity index (χ1v) is 9.65. The molecule has 2 rings (SSSR count). The Bertz CT molecular complexity index is 752. The Morgan fingerprint density at radius 2 is 1.93 bits per heavy atom. The summed E-state index contributed by atoms with van der Waals surface area (Å²) in [5.41, 5.74) is 6.24. The van der Waals surface area contributed by atoms with Crippen molar-refractivity contribution in [3.63, 3.8) is 0 Å². The number of carbonyl (C=O) groups is 2. The molecule has 5 N–H and O–H groups in total. The highest BCUT2D eigenvalue weighted by molar-refractivity contribution is 5.96. The Hall–Kier alpha value is -2.82. The van der Waals surface area contributed by atoms with Gasteiger partial charge in [-0.2, -0.15) is 13.2 Å². The number of carbonyl (C=O) groups excluding carboxylic acids is 2.